The third-order valence-electron chi connectivity index (χ3n) is 8.46. The molecule has 244 valence electrons. The van der Waals surface area contributed by atoms with Crippen LogP contribution in [0.2, 0.25) is 0 Å². The van der Waals surface area contributed by atoms with Crippen molar-refractivity contribution in [2.45, 2.75) is 103 Å². The number of amides is 3. The van der Waals surface area contributed by atoms with Gasteiger partial charge in [-0.1, -0.05) is 87.2 Å². The number of benzene rings is 1. The van der Waals surface area contributed by atoms with Gasteiger partial charge in [-0.05, 0) is 44.1 Å². The summed E-state index contributed by atoms with van der Waals surface area (Å²) in [6, 6.07) is 11.1. The number of hydrogen-bond donors (Lipinski definition) is 3. The highest BCUT2D eigenvalue weighted by atomic mass is 16.5. The maximum absolute atomic E-state index is 13.6. The zero-order valence-corrected chi connectivity index (χ0v) is 26.9. The average molecular weight is 620 g/mol. The minimum atomic E-state index is -0.427. The van der Waals surface area contributed by atoms with Crippen LogP contribution in [0.1, 0.15) is 91.8 Å². The summed E-state index contributed by atoms with van der Waals surface area (Å²) in [5, 5.41) is 13.1. The van der Waals surface area contributed by atoms with Crippen molar-refractivity contribution in [3.63, 3.8) is 0 Å². The Kier molecular flexibility index (Phi) is 13.4. The number of nitrogens with one attached hydrogen (secondary N) is 3. The van der Waals surface area contributed by atoms with E-state index in [4.69, 9.17) is 9.47 Å². The summed E-state index contributed by atoms with van der Waals surface area (Å²) in [7, 11) is 1.51. The molecule has 3 N–H and O–H groups in total. The van der Waals surface area contributed by atoms with Gasteiger partial charge < -0.3 is 25.4 Å². The van der Waals surface area contributed by atoms with E-state index in [2.05, 4.69) is 34.0 Å². The van der Waals surface area contributed by atoms with Crippen LogP contribution in [0.3, 0.4) is 0 Å². The second-order valence-electron chi connectivity index (χ2n) is 12.1. The van der Waals surface area contributed by atoms with E-state index in [1.165, 1.54) is 17.8 Å². The van der Waals surface area contributed by atoms with Crippen LogP contribution in [-0.4, -0.2) is 65.4 Å². The van der Waals surface area contributed by atoms with Crippen molar-refractivity contribution in [1.29, 1.82) is 0 Å². The number of nitrogens with zero attached hydrogens (tertiary/aromatic N) is 2. The number of carbonyl (C=O) groups excluding carboxylic acids is 3. The van der Waals surface area contributed by atoms with Crippen molar-refractivity contribution in [2.24, 2.45) is 5.92 Å². The summed E-state index contributed by atoms with van der Waals surface area (Å²) < 4.78 is 13.8. The molecule has 2 aliphatic carbocycles. The van der Waals surface area contributed by atoms with Crippen LogP contribution in [0.5, 0.6) is 0 Å². The standard InChI is InChI=1S/C35H49N5O5/c1-4-5-7-14-25(2)23-44-32-20-13-11-18-28(32)38-35(43)30-21-29(34(42)36-3)39-40(30)22-33(41)37-27-17-10-12-19-31(27)45-24-26-15-8-6-9-16-26/h4-9,14-16,21,25,27-28,31-32H,10-13,17-20,22-24H2,1-3H3,(H,36,42)(H,37,41)(H,38,43)/b5-4-,14-7-/t25?,27-,28-,31-,32-/m0/s1. The topological polar surface area (TPSA) is 124 Å². The van der Waals surface area contributed by atoms with Crippen LogP contribution >= 0.6 is 0 Å². The van der Waals surface area contributed by atoms with Gasteiger partial charge in [0.15, 0.2) is 5.69 Å². The fraction of sp³-hybridized carbons (Fsp3) is 0.543. The first-order valence-electron chi connectivity index (χ1n) is 16.3. The highest BCUT2D eigenvalue weighted by Crippen LogP contribution is 2.24. The summed E-state index contributed by atoms with van der Waals surface area (Å²) in [5.41, 5.74) is 1.33. The van der Waals surface area contributed by atoms with Gasteiger partial charge in [-0.3, -0.25) is 14.4 Å². The minimum absolute atomic E-state index is 0.0790. The molecule has 0 aliphatic heterocycles. The molecule has 2 saturated carbocycles. The van der Waals surface area contributed by atoms with Crippen molar-refractivity contribution in [1.82, 2.24) is 25.7 Å². The molecule has 1 unspecified atom stereocenters. The van der Waals surface area contributed by atoms with E-state index >= 15 is 0 Å². The normalized spacial score (nSPS) is 22.7. The van der Waals surface area contributed by atoms with Gasteiger partial charge >= 0.3 is 0 Å². The lowest BCUT2D eigenvalue weighted by Crippen LogP contribution is -2.48. The molecule has 2 fully saturated rings. The van der Waals surface area contributed by atoms with Gasteiger partial charge in [-0.25, -0.2) is 4.68 Å². The van der Waals surface area contributed by atoms with Crippen molar-refractivity contribution in [2.75, 3.05) is 13.7 Å². The highest BCUT2D eigenvalue weighted by molar-refractivity contribution is 5.98. The zero-order chi connectivity index (χ0) is 32.0. The van der Waals surface area contributed by atoms with Crippen LogP contribution in [0.15, 0.2) is 60.7 Å². The molecule has 10 heteroatoms. The van der Waals surface area contributed by atoms with Crippen LogP contribution < -0.4 is 16.0 Å². The van der Waals surface area contributed by atoms with Gasteiger partial charge in [0, 0.05) is 13.1 Å². The maximum atomic E-state index is 13.6. The SMILES string of the molecule is C/C=C\C=C/C(C)CO[C@H]1CCCC[C@@H]1NC(=O)c1cc(C(=O)NC)nn1CC(=O)N[C@H]1CCCC[C@@H]1OCc1ccccc1. The Hall–Kier alpha value is -3.76. The zero-order valence-electron chi connectivity index (χ0n) is 26.9. The number of carbonyl (C=O) groups is 3. The van der Waals surface area contributed by atoms with E-state index < -0.39 is 5.91 Å². The quantitative estimate of drug-likeness (QED) is 0.263. The Morgan fingerprint density at radius 1 is 0.933 bits per heavy atom. The molecule has 1 aromatic carbocycles. The Balaban J connectivity index is 1.40. The van der Waals surface area contributed by atoms with Gasteiger partial charge in [-0.15, -0.1) is 0 Å². The van der Waals surface area contributed by atoms with Crippen molar-refractivity contribution < 1.29 is 23.9 Å². The number of hydrogen-bond acceptors (Lipinski definition) is 6. The third kappa shape index (κ3) is 10.4. The largest absolute Gasteiger partial charge is 0.375 e. The van der Waals surface area contributed by atoms with E-state index in [0.717, 1.165) is 56.9 Å². The van der Waals surface area contributed by atoms with Crippen LogP contribution in [0.4, 0.5) is 0 Å². The molecule has 4 rings (SSSR count). The molecular weight excluding hydrogens is 570 g/mol. The molecule has 5 atom stereocenters. The first kappa shape index (κ1) is 34.1. The minimum Gasteiger partial charge on any atom is -0.375 e. The predicted molar refractivity (Wildman–Crippen MR) is 174 cm³/mol. The lowest BCUT2D eigenvalue weighted by molar-refractivity contribution is -0.124. The Labute approximate surface area is 267 Å². The second-order valence-corrected chi connectivity index (χ2v) is 12.1. The van der Waals surface area contributed by atoms with Crippen LogP contribution in [0.25, 0.3) is 0 Å². The molecule has 0 bridgehead atoms. The number of aromatic nitrogens is 2. The number of rotatable bonds is 14. The summed E-state index contributed by atoms with van der Waals surface area (Å²) in [5.74, 6) is -0.853. The smallest absolute Gasteiger partial charge is 0.271 e. The monoisotopic (exact) mass is 619 g/mol. The number of allylic oxidation sites excluding steroid dienone is 3. The Bertz CT molecular complexity index is 1310. The molecule has 45 heavy (non-hydrogen) atoms. The lowest BCUT2D eigenvalue weighted by Gasteiger charge is -2.33. The van der Waals surface area contributed by atoms with E-state index in [1.54, 1.807) is 0 Å². The van der Waals surface area contributed by atoms with E-state index in [0.29, 0.717) is 13.2 Å². The molecular formula is C35H49N5O5. The van der Waals surface area contributed by atoms with Crippen LogP contribution in [-0.2, 0) is 27.4 Å². The van der Waals surface area contributed by atoms with E-state index in [1.807, 2.05) is 55.5 Å². The number of ether oxygens (including phenoxy) is 2. The Morgan fingerprint density at radius 3 is 2.29 bits per heavy atom. The van der Waals surface area contributed by atoms with Gasteiger partial charge in [0.2, 0.25) is 5.91 Å². The molecule has 0 radical (unpaired) electrons. The molecule has 3 amide bonds. The summed E-state index contributed by atoms with van der Waals surface area (Å²) >= 11 is 0. The first-order chi connectivity index (χ1) is 21.9. The molecule has 0 saturated heterocycles. The molecule has 2 aromatic rings. The third-order valence-corrected chi connectivity index (χ3v) is 8.46. The Morgan fingerprint density at radius 2 is 1.60 bits per heavy atom. The van der Waals surface area contributed by atoms with E-state index in [-0.39, 0.29) is 60.0 Å². The molecule has 1 heterocycles. The van der Waals surface area contributed by atoms with Crippen molar-refractivity contribution in [3.8, 4) is 0 Å². The maximum Gasteiger partial charge on any atom is 0.271 e. The molecule has 0 spiro atoms. The summed E-state index contributed by atoms with van der Waals surface area (Å²) in [4.78, 5) is 39.4. The van der Waals surface area contributed by atoms with E-state index in [9.17, 15) is 14.4 Å². The van der Waals surface area contributed by atoms with Gasteiger partial charge in [0.1, 0.15) is 12.2 Å². The fourth-order valence-electron chi connectivity index (χ4n) is 5.99. The predicted octanol–water partition coefficient (Wildman–Crippen LogP) is 4.71. The van der Waals surface area contributed by atoms with Gasteiger partial charge in [-0.2, -0.15) is 5.10 Å². The van der Waals surface area contributed by atoms with Crippen molar-refractivity contribution >= 4 is 17.7 Å². The lowest BCUT2D eigenvalue weighted by atomic mass is 9.92. The van der Waals surface area contributed by atoms with Crippen molar-refractivity contribution in [3.05, 3.63) is 77.7 Å². The average Bonchev–Trinajstić information content (AvgIpc) is 3.48. The molecule has 1 aromatic heterocycles. The second kappa shape index (κ2) is 17.7. The molecule has 2 aliphatic rings. The van der Waals surface area contributed by atoms with Gasteiger partial charge in [0.25, 0.3) is 11.8 Å². The first-order valence-corrected chi connectivity index (χ1v) is 16.3. The fourth-order valence-corrected chi connectivity index (χ4v) is 5.99. The highest BCUT2D eigenvalue weighted by Gasteiger charge is 2.31. The molecule has 10 nitrogen and oxygen atoms in total. The van der Waals surface area contributed by atoms with Gasteiger partial charge in [0.05, 0.1) is 37.5 Å². The summed E-state index contributed by atoms with van der Waals surface area (Å²) in [6.07, 6.45) is 15.3. The van der Waals surface area contributed by atoms with Crippen LogP contribution in [0, 0.1) is 5.92 Å². The summed E-state index contributed by atoms with van der Waals surface area (Å²) in [6.45, 7) is 4.93.